The SMILES string of the molecule is CC=Nc1ccc(N=Cc2cc3ccccc3cc2C)cc1.COc1cc2ccccc2cc1C=O.Nc1ccc(N)cc1. The molecule has 44 heavy (non-hydrogen) atoms. The lowest BCUT2D eigenvalue weighted by Crippen LogP contribution is -1.90. The number of fused-ring (bicyclic) bond motifs is 2. The van der Waals surface area contributed by atoms with Crippen molar-refractivity contribution in [3.05, 3.63) is 138 Å². The lowest BCUT2D eigenvalue weighted by atomic mass is 10.0. The molecule has 0 bridgehead atoms. The third kappa shape index (κ3) is 8.63. The van der Waals surface area contributed by atoms with E-state index in [2.05, 4.69) is 53.3 Å². The molecule has 0 aliphatic rings. The Balaban J connectivity index is 0.000000170. The average Bonchev–Trinajstić information content (AvgIpc) is 3.06. The third-order valence-corrected chi connectivity index (χ3v) is 6.78. The summed E-state index contributed by atoms with van der Waals surface area (Å²) >= 11 is 0. The number of rotatable bonds is 5. The largest absolute Gasteiger partial charge is 0.496 e. The number of nitrogens with two attached hydrogens (primary N) is 2. The van der Waals surface area contributed by atoms with E-state index in [-0.39, 0.29) is 0 Å². The molecule has 0 amide bonds. The molecule has 0 radical (unpaired) electrons. The summed E-state index contributed by atoms with van der Waals surface area (Å²) in [4.78, 5) is 19.6. The Hall–Kier alpha value is -5.75. The quantitative estimate of drug-likeness (QED) is 0.121. The number of benzene rings is 6. The standard InChI is InChI=1S/C20H18N2.C12H10O2.C6H8N2/c1-3-21-19-8-10-20(11-9-19)22-14-18-13-17-7-5-4-6-16(17)12-15(18)2;1-14-12-7-10-5-3-2-4-9(10)6-11(12)8-13;7-5-1-2-6(8)4-3-5/h3-14H,1-2H3;2-8H,1H3;1-4H,7-8H2. The second-order valence-electron chi connectivity index (χ2n) is 9.94. The molecule has 0 aromatic heterocycles. The zero-order valence-electron chi connectivity index (χ0n) is 25.1. The molecule has 220 valence electrons. The van der Waals surface area contributed by atoms with Crippen molar-refractivity contribution in [2.75, 3.05) is 18.6 Å². The number of carbonyl (C=O) groups is 1. The van der Waals surface area contributed by atoms with Crippen LogP contribution in [0.15, 0.2) is 131 Å². The summed E-state index contributed by atoms with van der Waals surface area (Å²) in [7, 11) is 1.57. The van der Waals surface area contributed by atoms with Crippen LogP contribution in [0, 0.1) is 6.92 Å². The highest BCUT2D eigenvalue weighted by atomic mass is 16.5. The minimum absolute atomic E-state index is 0.589. The minimum atomic E-state index is 0.589. The Labute approximate surface area is 258 Å². The Morgan fingerprint density at radius 2 is 1.07 bits per heavy atom. The second-order valence-corrected chi connectivity index (χ2v) is 9.94. The Bertz CT molecular complexity index is 1870. The molecule has 0 fully saturated rings. The lowest BCUT2D eigenvalue weighted by Gasteiger charge is -2.05. The number of ether oxygens (including phenoxy) is 1. The normalized spacial score (nSPS) is 10.7. The van der Waals surface area contributed by atoms with Gasteiger partial charge in [-0.15, -0.1) is 0 Å². The summed E-state index contributed by atoms with van der Waals surface area (Å²) in [5, 5.41) is 4.63. The topological polar surface area (TPSA) is 103 Å². The first kappa shape index (κ1) is 31.2. The first-order valence-electron chi connectivity index (χ1n) is 14.2. The van der Waals surface area contributed by atoms with E-state index >= 15 is 0 Å². The fraction of sp³-hybridized carbons (Fsp3) is 0.0789. The number of carbonyl (C=O) groups excluding carboxylic acids is 1. The second kappa shape index (κ2) is 15.5. The third-order valence-electron chi connectivity index (χ3n) is 6.78. The molecule has 0 aliphatic carbocycles. The molecule has 6 nitrogen and oxygen atoms in total. The number of aryl methyl sites for hydroxylation is 1. The highest BCUT2D eigenvalue weighted by Gasteiger charge is 2.03. The van der Waals surface area contributed by atoms with Crippen LogP contribution in [0.5, 0.6) is 5.75 Å². The molecular weight excluding hydrogens is 544 g/mol. The molecule has 0 saturated heterocycles. The van der Waals surface area contributed by atoms with Gasteiger partial charge in [0.1, 0.15) is 5.75 Å². The van der Waals surface area contributed by atoms with E-state index in [1.54, 1.807) is 37.6 Å². The molecule has 6 heteroatoms. The zero-order valence-corrected chi connectivity index (χ0v) is 25.1. The van der Waals surface area contributed by atoms with E-state index in [0.29, 0.717) is 11.3 Å². The van der Waals surface area contributed by atoms with Gasteiger partial charge in [0.05, 0.1) is 24.0 Å². The van der Waals surface area contributed by atoms with Gasteiger partial charge in [-0.3, -0.25) is 14.8 Å². The molecule has 0 atom stereocenters. The number of aliphatic imine (C=N–C) groups is 2. The maximum absolute atomic E-state index is 10.7. The molecule has 0 spiro atoms. The zero-order chi connectivity index (χ0) is 31.3. The highest BCUT2D eigenvalue weighted by molar-refractivity contribution is 5.93. The van der Waals surface area contributed by atoms with Crippen LogP contribution >= 0.6 is 0 Å². The maximum atomic E-state index is 10.7. The summed E-state index contributed by atoms with van der Waals surface area (Å²) in [6.07, 6.45) is 4.53. The van der Waals surface area contributed by atoms with E-state index in [9.17, 15) is 4.79 Å². The number of hydrogen-bond acceptors (Lipinski definition) is 6. The molecule has 4 N–H and O–H groups in total. The molecular formula is C38H36N4O2. The summed E-state index contributed by atoms with van der Waals surface area (Å²) in [5.41, 5.74) is 17.1. The van der Waals surface area contributed by atoms with Crippen LogP contribution in [-0.2, 0) is 0 Å². The number of nitrogens with zero attached hydrogens (tertiary/aromatic N) is 2. The number of nitrogen functional groups attached to an aromatic ring is 2. The van der Waals surface area contributed by atoms with E-state index in [0.717, 1.165) is 45.4 Å². The van der Waals surface area contributed by atoms with Crippen molar-refractivity contribution < 1.29 is 9.53 Å². The number of aldehydes is 1. The van der Waals surface area contributed by atoms with Crippen molar-refractivity contribution in [3.63, 3.8) is 0 Å². The molecule has 6 aromatic rings. The van der Waals surface area contributed by atoms with Crippen LogP contribution in [0.4, 0.5) is 22.7 Å². The van der Waals surface area contributed by atoms with Crippen molar-refractivity contribution in [1.29, 1.82) is 0 Å². The van der Waals surface area contributed by atoms with Gasteiger partial charge in [0, 0.05) is 23.8 Å². The van der Waals surface area contributed by atoms with E-state index in [1.165, 1.54) is 16.3 Å². The first-order chi connectivity index (χ1) is 21.4. The molecule has 0 unspecified atom stereocenters. The van der Waals surface area contributed by atoms with Gasteiger partial charge >= 0.3 is 0 Å². The highest BCUT2D eigenvalue weighted by Crippen LogP contribution is 2.24. The van der Waals surface area contributed by atoms with Crippen LogP contribution < -0.4 is 16.2 Å². The van der Waals surface area contributed by atoms with Crippen molar-refractivity contribution in [3.8, 4) is 5.75 Å². The number of hydrogen-bond donors (Lipinski definition) is 2. The maximum Gasteiger partial charge on any atom is 0.153 e. The average molecular weight is 581 g/mol. The van der Waals surface area contributed by atoms with Gasteiger partial charge in [-0.25, -0.2) is 0 Å². The Kier molecular flexibility index (Phi) is 11.0. The van der Waals surface area contributed by atoms with Crippen LogP contribution in [0.1, 0.15) is 28.4 Å². The molecule has 0 heterocycles. The summed E-state index contributed by atoms with van der Waals surface area (Å²) in [6, 6.07) is 39.4. The van der Waals surface area contributed by atoms with Crippen molar-refractivity contribution in [2.45, 2.75) is 13.8 Å². The van der Waals surface area contributed by atoms with E-state index in [1.807, 2.05) is 73.8 Å². The predicted molar refractivity (Wildman–Crippen MR) is 187 cm³/mol. The van der Waals surface area contributed by atoms with Gasteiger partial charge in [-0.05, 0) is 113 Å². The Morgan fingerprint density at radius 1 is 0.614 bits per heavy atom. The van der Waals surface area contributed by atoms with Gasteiger partial charge in [0.15, 0.2) is 6.29 Å². The summed E-state index contributed by atoms with van der Waals surface area (Å²) in [5.74, 6) is 0.624. The van der Waals surface area contributed by atoms with Gasteiger partial charge in [0.2, 0.25) is 0 Å². The minimum Gasteiger partial charge on any atom is -0.496 e. The fourth-order valence-electron chi connectivity index (χ4n) is 4.43. The molecule has 0 saturated carbocycles. The van der Waals surface area contributed by atoms with Crippen molar-refractivity contribution in [1.82, 2.24) is 0 Å². The van der Waals surface area contributed by atoms with Crippen LogP contribution in [0.2, 0.25) is 0 Å². The van der Waals surface area contributed by atoms with Crippen LogP contribution in [-0.4, -0.2) is 25.8 Å². The van der Waals surface area contributed by atoms with E-state index in [4.69, 9.17) is 16.2 Å². The summed E-state index contributed by atoms with van der Waals surface area (Å²) < 4.78 is 5.11. The van der Waals surface area contributed by atoms with Gasteiger partial charge < -0.3 is 16.2 Å². The van der Waals surface area contributed by atoms with Crippen LogP contribution in [0.25, 0.3) is 21.5 Å². The summed E-state index contributed by atoms with van der Waals surface area (Å²) in [6.45, 7) is 4.03. The van der Waals surface area contributed by atoms with Gasteiger partial charge in [0.25, 0.3) is 0 Å². The lowest BCUT2D eigenvalue weighted by molar-refractivity contribution is 0.112. The monoisotopic (exact) mass is 580 g/mol. The number of methoxy groups -OCH3 is 1. The van der Waals surface area contributed by atoms with Crippen molar-refractivity contribution in [2.24, 2.45) is 9.98 Å². The Morgan fingerprint density at radius 3 is 1.55 bits per heavy atom. The first-order valence-corrected chi connectivity index (χ1v) is 14.2. The van der Waals surface area contributed by atoms with E-state index < -0.39 is 0 Å². The predicted octanol–water partition coefficient (Wildman–Crippen LogP) is 9.13. The smallest absolute Gasteiger partial charge is 0.153 e. The van der Waals surface area contributed by atoms with Gasteiger partial charge in [-0.1, -0.05) is 54.6 Å². The number of anilines is 2. The van der Waals surface area contributed by atoms with Gasteiger partial charge in [-0.2, -0.15) is 0 Å². The fourth-order valence-corrected chi connectivity index (χ4v) is 4.43. The molecule has 0 aliphatic heterocycles. The molecule has 6 aromatic carbocycles. The van der Waals surface area contributed by atoms with Crippen LogP contribution in [0.3, 0.4) is 0 Å². The molecule has 6 rings (SSSR count). The van der Waals surface area contributed by atoms with Crippen molar-refractivity contribution >= 4 is 63.0 Å².